The first kappa shape index (κ1) is 41.4. The number of thioether (sulfide) groups is 1. The molecule has 0 aromatic rings. The third kappa shape index (κ3) is 18.1. The maximum absolute atomic E-state index is 13.4. The van der Waals surface area contributed by atoms with Crippen LogP contribution in [-0.2, 0) is 28.8 Å². The summed E-state index contributed by atoms with van der Waals surface area (Å²) in [6.45, 7) is 3.97. The molecule has 258 valence electrons. The molecule has 0 aliphatic carbocycles. The van der Waals surface area contributed by atoms with Gasteiger partial charge >= 0.3 is 11.9 Å². The van der Waals surface area contributed by atoms with Crippen LogP contribution < -0.4 is 44.2 Å². The zero-order valence-electron chi connectivity index (χ0n) is 26.3. The van der Waals surface area contributed by atoms with Crippen molar-refractivity contribution in [1.82, 2.24) is 21.3 Å². The van der Waals surface area contributed by atoms with E-state index < -0.39 is 72.2 Å². The number of nitrogens with zero attached hydrogens (tertiary/aromatic N) is 1. The Balaban J connectivity index is 5.92. The number of unbranched alkanes of at least 4 members (excludes halogenated alkanes) is 1. The lowest BCUT2D eigenvalue weighted by Gasteiger charge is -2.26. The Morgan fingerprint density at radius 2 is 1.22 bits per heavy atom. The molecule has 0 bridgehead atoms. The molecule has 45 heavy (non-hydrogen) atoms. The van der Waals surface area contributed by atoms with E-state index in [1.165, 1.54) is 11.8 Å². The number of nitrogens with one attached hydrogen (secondary N) is 4. The molecule has 0 aliphatic heterocycles. The van der Waals surface area contributed by atoms with Gasteiger partial charge in [0.2, 0.25) is 23.6 Å². The normalized spacial score (nSPS) is 14.3. The molecular formula is C27H51N9O8S. The average Bonchev–Trinajstić information content (AvgIpc) is 2.96. The van der Waals surface area contributed by atoms with E-state index in [0.717, 1.165) is 0 Å². The minimum Gasteiger partial charge on any atom is -0.481 e. The van der Waals surface area contributed by atoms with Crippen molar-refractivity contribution in [3.05, 3.63) is 0 Å². The van der Waals surface area contributed by atoms with E-state index in [2.05, 4.69) is 26.3 Å². The number of aliphatic imine (C=N–C) groups is 1. The van der Waals surface area contributed by atoms with Crippen LogP contribution in [0.1, 0.15) is 65.2 Å². The van der Waals surface area contributed by atoms with E-state index in [0.29, 0.717) is 25.1 Å². The average molecular weight is 662 g/mol. The van der Waals surface area contributed by atoms with Gasteiger partial charge in [0.1, 0.15) is 24.2 Å². The Labute approximate surface area is 267 Å². The topological polar surface area (TPSA) is 307 Å². The fourth-order valence-electron chi connectivity index (χ4n) is 3.95. The molecule has 0 saturated heterocycles. The van der Waals surface area contributed by atoms with E-state index >= 15 is 0 Å². The van der Waals surface area contributed by atoms with E-state index in [1.807, 2.05) is 6.26 Å². The fraction of sp³-hybridized carbons (Fsp3) is 0.741. The van der Waals surface area contributed by atoms with Crippen molar-refractivity contribution in [2.24, 2.45) is 33.8 Å². The number of carbonyl (C=O) groups is 6. The molecule has 0 spiro atoms. The van der Waals surface area contributed by atoms with Crippen molar-refractivity contribution in [2.75, 3.05) is 25.1 Å². The van der Waals surface area contributed by atoms with Crippen LogP contribution in [-0.4, -0.2) is 107 Å². The summed E-state index contributed by atoms with van der Waals surface area (Å²) >= 11 is 1.46. The molecule has 18 heteroatoms. The van der Waals surface area contributed by atoms with Gasteiger partial charge in [-0.25, -0.2) is 4.79 Å². The van der Waals surface area contributed by atoms with Crippen LogP contribution in [0, 0.1) is 5.92 Å². The Morgan fingerprint density at radius 1 is 0.733 bits per heavy atom. The van der Waals surface area contributed by atoms with Crippen molar-refractivity contribution in [3.63, 3.8) is 0 Å². The first-order valence-corrected chi connectivity index (χ1v) is 16.2. The molecular weight excluding hydrogens is 610 g/mol. The first-order chi connectivity index (χ1) is 21.1. The number of aliphatic carboxylic acids is 2. The van der Waals surface area contributed by atoms with Gasteiger partial charge in [-0.15, -0.1) is 0 Å². The maximum Gasteiger partial charge on any atom is 0.326 e. The second-order valence-corrected chi connectivity index (χ2v) is 11.8. The van der Waals surface area contributed by atoms with Crippen molar-refractivity contribution >= 4 is 53.3 Å². The third-order valence-corrected chi connectivity index (χ3v) is 7.33. The monoisotopic (exact) mass is 661 g/mol. The molecule has 0 aromatic heterocycles. The highest BCUT2D eigenvalue weighted by Crippen LogP contribution is 2.09. The van der Waals surface area contributed by atoms with Crippen LogP contribution in [0.4, 0.5) is 0 Å². The standard InChI is InChI=1S/C27H51N9O8S/c1-15(2)21(29)25(42)35-18(11-14-45-3)24(41)33-16(7-4-5-12-28)22(39)34-17(9-10-20(37)38)23(40)36-19(26(43)44)8-6-13-32-27(30)31/h15-19,21H,4-14,28-29H2,1-3H3,(H,33,41)(H,34,39)(H,35,42)(H,36,40)(H,37,38)(H,43,44)(H4,30,31,32). The minimum absolute atomic E-state index is 0.0428. The molecule has 0 radical (unpaired) electrons. The molecule has 0 aliphatic rings. The summed E-state index contributed by atoms with van der Waals surface area (Å²) < 4.78 is 0. The molecule has 17 nitrogen and oxygen atoms in total. The van der Waals surface area contributed by atoms with Gasteiger partial charge in [0.15, 0.2) is 5.96 Å². The number of nitrogens with two attached hydrogens (primary N) is 4. The third-order valence-electron chi connectivity index (χ3n) is 6.68. The lowest BCUT2D eigenvalue weighted by molar-refractivity contribution is -0.143. The van der Waals surface area contributed by atoms with Crippen molar-refractivity contribution < 1.29 is 39.0 Å². The van der Waals surface area contributed by atoms with Crippen molar-refractivity contribution in [3.8, 4) is 0 Å². The van der Waals surface area contributed by atoms with Crippen LogP contribution in [0.5, 0.6) is 0 Å². The quantitative estimate of drug-likeness (QED) is 0.0298. The molecule has 0 aromatic carbocycles. The lowest BCUT2D eigenvalue weighted by Crippen LogP contribution is -2.58. The van der Waals surface area contributed by atoms with Gasteiger partial charge in [-0.1, -0.05) is 13.8 Å². The number of rotatable bonds is 24. The predicted molar refractivity (Wildman–Crippen MR) is 171 cm³/mol. The molecule has 0 rings (SSSR count). The largest absolute Gasteiger partial charge is 0.481 e. The number of carbonyl (C=O) groups excluding carboxylic acids is 4. The van der Waals surface area contributed by atoms with Gasteiger partial charge < -0.3 is 54.4 Å². The summed E-state index contributed by atoms with van der Waals surface area (Å²) in [6.07, 6.45) is 2.48. The molecule has 0 saturated carbocycles. The van der Waals surface area contributed by atoms with Crippen molar-refractivity contribution in [1.29, 1.82) is 0 Å². The summed E-state index contributed by atoms with van der Waals surface area (Å²) in [5.41, 5.74) is 22.1. The van der Waals surface area contributed by atoms with Crippen LogP contribution in [0.2, 0.25) is 0 Å². The SMILES string of the molecule is CSCCC(NC(=O)C(N)C(C)C)C(=O)NC(CCCCN)C(=O)NC(CCC(=O)O)C(=O)NC(CCCN=C(N)N)C(=O)O. The zero-order valence-corrected chi connectivity index (χ0v) is 27.1. The zero-order chi connectivity index (χ0) is 34.5. The summed E-state index contributed by atoms with van der Waals surface area (Å²) in [5.74, 6) is -5.30. The van der Waals surface area contributed by atoms with Crippen LogP contribution >= 0.6 is 11.8 Å². The van der Waals surface area contributed by atoms with Gasteiger partial charge in [-0.2, -0.15) is 11.8 Å². The Hall–Kier alpha value is -3.64. The Morgan fingerprint density at radius 3 is 1.69 bits per heavy atom. The Bertz CT molecular complexity index is 1010. The smallest absolute Gasteiger partial charge is 0.326 e. The highest BCUT2D eigenvalue weighted by Gasteiger charge is 2.32. The van der Waals surface area contributed by atoms with Crippen LogP contribution in [0.3, 0.4) is 0 Å². The number of hydrogen-bond acceptors (Lipinski definition) is 10. The second kappa shape index (κ2) is 22.8. The molecule has 4 amide bonds. The highest BCUT2D eigenvalue weighted by molar-refractivity contribution is 7.98. The number of carboxylic acids is 2. The lowest BCUT2D eigenvalue weighted by atomic mass is 10.0. The van der Waals surface area contributed by atoms with Gasteiger partial charge in [0.25, 0.3) is 0 Å². The van der Waals surface area contributed by atoms with Gasteiger partial charge in [0.05, 0.1) is 6.04 Å². The molecule has 0 heterocycles. The number of carboxylic acid groups (broad SMARTS) is 2. The summed E-state index contributed by atoms with van der Waals surface area (Å²) in [5, 5.41) is 28.9. The minimum atomic E-state index is -1.43. The predicted octanol–water partition coefficient (Wildman–Crippen LogP) is -2.21. The molecule has 5 atom stereocenters. The van der Waals surface area contributed by atoms with Crippen LogP contribution in [0.25, 0.3) is 0 Å². The van der Waals surface area contributed by atoms with E-state index in [1.54, 1.807) is 13.8 Å². The number of amides is 4. The molecule has 14 N–H and O–H groups in total. The molecule has 5 unspecified atom stereocenters. The van der Waals surface area contributed by atoms with Gasteiger partial charge in [-0.05, 0) is 69.4 Å². The summed E-state index contributed by atoms with van der Waals surface area (Å²) in [6, 6.07) is -5.83. The van der Waals surface area contributed by atoms with Gasteiger partial charge in [-0.3, -0.25) is 29.0 Å². The van der Waals surface area contributed by atoms with Crippen LogP contribution in [0.15, 0.2) is 4.99 Å². The fourth-order valence-corrected chi connectivity index (χ4v) is 4.42. The van der Waals surface area contributed by atoms with E-state index in [9.17, 15) is 39.0 Å². The second-order valence-electron chi connectivity index (χ2n) is 10.8. The Kier molecular flexibility index (Phi) is 21.0. The van der Waals surface area contributed by atoms with Crippen molar-refractivity contribution in [2.45, 2.75) is 95.4 Å². The van der Waals surface area contributed by atoms with E-state index in [4.69, 9.17) is 22.9 Å². The number of guanidine groups is 1. The van der Waals surface area contributed by atoms with Gasteiger partial charge in [0, 0.05) is 13.0 Å². The van der Waals surface area contributed by atoms with E-state index in [-0.39, 0.29) is 50.5 Å². The maximum atomic E-state index is 13.4. The highest BCUT2D eigenvalue weighted by atomic mass is 32.2. The molecule has 0 fully saturated rings. The first-order valence-electron chi connectivity index (χ1n) is 14.8. The summed E-state index contributed by atoms with van der Waals surface area (Å²) in [7, 11) is 0. The number of hydrogen-bond donors (Lipinski definition) is 10. The summed E-state index contributed by atoms with van der Waals surface area (Å²) in [4.78, 5) is 79.3.